The molecule has 2 aromatic heterocycles. The molecule has 1 fully saturated rings. The van der Waals surface area contributed by atoms with Crippen LogP contribution in [0.2, 0.25) is 0 Å². The number of piperazine rings is 1. The van der Waals surface area contributed by atoms with Crippen LogP contribution in [0.25, 0.3) is 11.2 Å². The van der Waals surface area contributed by atoms with Gasteiger partial charge < -0.3 is 20.5 Å². The molecule has 0 saturated carbocycles. The average Bonchev–Trinajstić information content (AvgIpc) is 2.79. The normalized spacial score (nSPS) is 21.7. The van der Waals surface area contributed by atoms with Crippen LogP contribution < -0.4 is 10.6 Å². The zero-order valence-corrected chi connectivity index (χ0v) is 10.6. The van der Waals surface area contributed by atoms with Crippen molar-refractivity contribution in [3.8, 4) is 0 Å². The molecule has 7 nitrogen and oxygen atoms in total. The highest BCUT2D eigenvalue weighted by atomic mass is 15.3. The van der Waals surface area contributed by atoms with E-state index in [1.54, 1.807) is 6.33 Å². The van der Waals surface area contributed by atoms with Crippen LogP contribution in [0, 0.1) is 0 Å². The standard InChI is InChI=1S/C11H17N7/c1-7-5-18(4-3-17(7)2)10-8-9(14-6-13-8)15-11(12)16-10/h6-7H,3-5H2,1-2H3,(H3,12,13,14,15,16). The SMILES string of the molecule is CC1CN(c2nc(N)nc3nc[nH]c23)CCN1C. The summed E-state index contributed by atoms with van der Waals surface area (Å²) < 4.78 is 0. The molecule has 2 aromatic rings. The van der Waals surface area contributed by atoms with Crippen molar-refractivity contribution < 1.29 is 0 Å². The van der Waals surface area contributed by atoms with Crippen LogP contribution in [0.1, 0.15) is 6.92 Å². The van der Waals surface area contributed by atoms with Crippen molar-refractivity contribution in [3.63, 3.8) is 0 Å². The number of H-pyrrole nitrogens is 1. The predicted octanol–water partition coefficient (Wildman–Crippen LogP) is 0.0754. The van der Waals surface area contributed by atoms with Gasteiger partial charge in [0.05, 0.1) is 6.33 Å². The molecule has 1 aliphatic rings. The molecule has 0 aliphatic carbocycles. The molecule has 3 N–H and O–H groups in total. The molecule has 1 aliphatic heterocycles. The molecule has 3 heterocycles. The Bertz CT molecular complexity index is 564. The molecule has 0 amide bonds. The lowest BCUT2D eigenvalue weighted by Crippen LogP contribution is -2.50. The maximum atomic E-state index is 5.74. The minimum atomic E-state index is 0.274. The van der Waals surface area contributed by atoms with E-state index in [9.17, 15) is 0 Å². The van der Waals surface area contributed by atoms with Gasteiger partial charge in [-0.05, 0) is 14.0 Å². The fourth-order valence-corrected chi connectivity index (χ4v) is 2.30. The minimum absolute atomic E-state index is 0.274. The maximum Gasteiger partial charge on any atom is 0.224 e. The second kappa shape index (κ2) is 4.09. The van der Waals surface area contributed by atoms with Gasteiger partial charge in [0.25, 0.3) is 0 Å². The van der Waals surface area contributed by atoms with Gasteiger partial charge >= 0.3 is 0 Å². The first-order valence-corrected chi connectivity index (χ1v) is 6.07. The fourth-order valence-electron chi connectivity index (χ4n) is 2.30. The predicted molar refractivity (Wildman–Crippen MR) is 70.4 cm³/mol. The number of hydrogen-bond acceptors (Lipinski definition) is 6. The number of imidazole rings is 1. The molecule has 0 radical (unpaired) electrons. The van der Waals surface area contributed by atoms with Crippen molar-refractivity contribution in [3.05, 3.63) is 6.33 Å². The van der Waals surface area contributed by atoms with E-state index in [-0.39, 0.29) is 5.95 Å². The first kappa shape index (κ1) is 11.2. The van der Waals surface area contributed by atoms with Crippen molar-refractivity contribution in [1.82, 2.24) is 24.8 Å². The van der Waals surface area contributed by atoms with Crippen LogP contribution in [-0.2, 0) is 0 Å². The molecule has 96 valence electrons. The van der Waals surface area contributed by atoms with Gasteiger partial charge in [0, 0.05) is 25.7 Å². The average molecular weight is 247 g/mol. The lowest BCUT2D eigenvalue weighted by molar-refractivity contribution is 0.233. The number of nitrogens with one attached hydrogen (secondary N) is 1. The van der Waals surface area contributed by atoms with E-state index >= 15 is 0 Å². The second-order valence-electron chi connectivity index (χ2n) is 4.78. The summed E-state index contributed by atoms with van der Waals surface area (Å²) in [6, 6.07) is 0.493. The minimum Gasteiger partial charge on any atom is -0.368 e. The van der Waals surface area contributed by atoms with Crippen molar-refractivity contribution in [2.45, 2.75) is 13.0 Å². The quantitative estimate of drug-likeness (QED) is 0.742. The lowest BCUT2D eigenvalue weighted by atomic mass is 10.2. The van der Waals surface area contributed by atoms with E-state index in [2.05, 4.69) is 43.7 Å². The first-order valence-electron chi connectivity index (χ1n) is 6.07. The Hall–Kier alpha value is -1.89. The fraction of sp³-hybridized carbons (Fsp3) is 0.545. The highest BCUT2D eigenvalue weighted by Gasteiger charge is 2.24. The van der Waals surface area contributed by atoms with Crippen molar-refractivity contribution in [1.29, 1.82) is 0 Å². The molecule has 18 heavy (non-hydrogen) atoms. The third-order valence-corrected chi connectivity index (χ3v) is 3.54. The summed E-state index contributed by atoms with van der Waals surface area (Å²) in [6.07, 6.45) is 1.63. The third kappa shape index (κ3) is 1.76. The summed E-state index contributed by atoms with van der Waals surface area (Å²) in [4.78, 5) is 20.3. The van der Waals surface area contributed by atoms with Crippen LogP contribution >= 0.6 is 0 Å². The Morgan fingerprint density at radius 3 is 3.00 bits per heavy atom. The molecule has 0 aromatic carbocycles. The number of likely N-dealkylation sites (N-methyl/N-ethyl adjacent to an activating group) is 1. The van der Waals surface area contributed by atoms with Crippen LogP contribution in [0.4, 0.5) is 11.8 Å². The number of fused-ring (bicyclic) bond motifs is 1. The van der Waals surface area contributed by atoms with E-state index in [0.29, 0.717) is 11.7 Å². The number of aromatic nitrogens is 4. The number of nitrogen functional groups attached to an aromatic ring is 1. The summed E-state index contributed by atoms with van der Waals surface area (Å²) in [7, 11) is 2.14. The molecular formula is C11H17N7. The van der Waals surface area contributed by atoms with Crippen LogP contribution in [0.15, 0.2) is 6.33 Å². The van der Waals surface area contributed by atoms with E-state index in [0.717, 1.165) is 31.0 Å². The molecule has 1 unspecified atom stereocenters. The van der Waals surface area contributed by atoms with Gasteiger partial charge in [-0.1, -0.05) is 0 Å². The smallest absolute Gasteiger partial charge is 0.224 e. The zero-order chi connectivity index (χ0) is 12.7. The highest BCUT2D eigenvalue weighted by Crippen LogP contribution is 2.23. The second-order valence-corrected chi connectivity index (χ2v) is 4.78. The Morgan fingerprint density at radius 2 is 2.22 bits per heavy atom. The Labute approximate surface area is 105 Å². The molecular weight excluding hydrogens is 230 g/mol. The number of rotatable bonds is 1. The van der Waals surface area contributed by atoms with Crippen LogP contribution in [0.5, 0.6) is 0 Å². The van der Waals surface area contributed by atoms with Gasteiger partial charge in [-0.3, -0.25) is 0 Å². The summed E-state index contributed by atoms with van der Waals surface area (Å²) in [5.74, 6) is 1.13. The molecule has 1 saturated heterocycles. The molecule has 0 spiro atoms. The Balaban J connectivity index is 2.01. The van der Waals surface area contributed by atoms with Gasteiger partial charge in [0.15, 0.2) is 11.5 Å². The van der Waals surface area contributed by atoms with Crippen LogP contribution in [-0.4, -0.2) is 57.6 Å². The van der Waals surface area contributed by atoms with Gasteiger partial charge in [-0.25, -0.2) is 4.98 Å². The topological polar surface area (TPSA) is 87.0 Å². The van der Waals surface area contributed by atoms with Crippen molar-refractivity contribution in [2.24, 2.45) is 0 Å². The van der Waals surface area contributed by atoms with Gasteiger partial charge in [-0.2, -0.15) is 9.97 Å². The molecule has 3 rings (SSSR count). The monoisotopic (exact) mass is 247 g/mol. The number of nitrogens with zero attached hydrogens (tertiary/aromatic N) is 5. The summed E-state index contributed by atoms with van der Waals surface area (Å²) in [6.45, 7) is 5.09. The summed E-state index contributed by atoms with van der Waals surface area (Å²) in [5, 5.41) is 0. The number of hydrogen-bond donors (Lipinski definition) is 2. The first-order chi connectivity index (χ1) is 8.65. The lowest BCUT2D eigenvalue weighted by Gasteiger charge is -2.38. The Morgan fingerprint density at radius 1 is 1.39 bits per heavy atom. The number of nitrogens with two attached hydrogens (primary N) is 1. The number of aromatic amines is 1. The van der Waals surface area contributed by atoms with Gasteiger partial charge in [0.1, 0.15) is 5.52 Å². The molecule has 0 bridgehead atoms. The third-order valence-electron chi connectivity index (χ3n) is 3.54. The van der Waals surface area contributed by atoms with Gasteiger partial charge in [-0.15, -0.1) is 0 Å². The molecule has 1 atom stereocenters. The largest absolute Gasteiger partial charge is 0.368 e. The van der Waals surface area contributed by atoms with Gasteiger partial charge in [0.2, 0.25) is 5.95 Å². The zero-order valence-electron chi connectivity index (χ0n) is 10.6. The Kier molecular flexibility index (Phi) is 2.55. The van der Waals surface area contributed by atoms with Crippen molar-refractivity contribution in [2.75, 3.05) is 37.3 Å². The summed E-state index contributed by atoms with van der Waals surface area (Å²) in [5.41, 5.74) is 7.23. The number of anilines is 2. The summed E-state index contributed by atoms with van der Waals surface area (Å²) >= 11 is 0. The van der Waals surface area contributed by atoms with E-state index < -0.39 is 0 Å². The van der Waals surface area contributed by atoms with Crippen LogP contribution in [0.3, 0.4) is 0 Å². The van der Waals surface area contributed by atoms with Crippen molar-refractivity contribution >= 4 is 22.9 Å². The maximum absolute atomic E-state index is 5.74. The van der Waals surface area contributed by atoms with E-state index in [1.807, 2.05) is 0 Å². The van der Waals surface area contributed by atoms with E-state index in [4.69, 9.17) is 5.73 Å². The van der Waals surface area contributed by atoms with E-state index in [1.165, 1.54) is 0 Å². The molecule has 7 heteroatoms. The highest BCUT2D eigenvalue weighted by molar-refractivity contribution is 5.84.